The molecule has 9 heteroatoms. The van der Waals surface area contributed by atoms with Gasteiger partial charge in [-0.25, -0.2) is 4.98 Å². The minimum absolute atomic E-state index is 0.123. The van der Waals surface area contributed by atoms with E-state index in [0.29, 0.717) is 28.7 Å². The largest absolute Gasteiger partial charge is 0.497 e. The molecule has 0 aliphatic carbocycles. The van der Waals surface area contributed by atoms with E-state index in [2.05, 4.69) is 31.1 Å². The van der Waals surface area contributed by atoms with Crippen molar-refractivity contribution < 1.29 is 14.1 Å². The molecule has 2 aromatic heterocycles. The Kier molecular flexibility index (Phi) is 6.44. The van der Waals surface area contributed by atoms with Crippen LogP contribution in [0.4, 0.5) is 28.8 Å². The fraction of sp³-hybridized carbons (Fsp3) is 0.111. The highest BCUT2D eigenvalue weighted by Crippen LogP contribution is 2.23. The van der Waals surface area contributed by atoms with Gasteiger partial charge in [-0.2, -0.15) is 4.98 Å². The van der Waals surface area contributed by atoms with Gasteiger partial charge in [-0.05, 0) is 67.6 Å². The van der Waals surface area contributed by atoms with Crippen molar-refractivity contribution in [2.45, 2.75) is 13.3 Å². The Morgan fingerprint density at radius 3 is 2.36 bits per heavy atom. The summed E-state index contributed by atoms with van der Waals surface area (Å²) in [7, 11) is 1.63. The van der Waals surface area contributed by atoms with Crippen LogP contribution in [0.25, 0.3) is 11.0 Å². The average molecular weight is 481 g/mol. The van der Waals surface area contributed by atoms with Gasteiger partial charge >= 0.3 is 0 Å². The van der Waals surface area contributed by atoms with Crippen LogP contribution in [0.2, 0.25) is 0 Å². The predicted molar refractivity (Wildman–Crippen MR) is 139 cm³/mol. The molecule has 0 aliphatic rings. The van der Waals surface area contributed by atoms with Gasteiger partial charge in [0.15, 0.2) is 5.58 Å². The van der Waals surface area contributed by atoms with E-state index < -0.39 is 0 Å². The number of anilines is 5. The average Bonchev–Trinajstić information content (AvgIpc) is 3.28. The number of carbonyl (C=O) groups is 1. The Balaban J connectivity index is 1.21. The minimum Gasteiger partial charge on any atom is -0.497 e. The number of amides is 1. The van der Waals surface area contributed by atoms with E-state index in [4.69, 9.17) is 9.26 Å². The summed E-state index contributed by atoms with van der Waals surface area (Å²) < 4.78 is 10.5. The minimum atomic E-state index is -0.175. The fourth-order valence-corrected chi connectivity index (χ4v) is 3.70. The number of aromatic nitrogens is 3. The molecule has 0 atom stereocenters. The molecule has 0 radical (unpaired) electrons. The van der Waals surface area contributed by atoms with E-state index in [9.17, 15) is 4.79 Å². The first-order chi connectivity index (χ1) is 17.6. The molecular formula is C27H24N6O3. The molecule has 2 heterocycles. The molecule has 0 saturated carbocycles. The summed E-state index contributed by atoms with van der Waals surface area (Å²) in [6.45, 7) is 1.91. The summed E-state index contributed by atoms with van der Waals surface area (Å²) >= 11 is 0. The van der Waals surface area contributed by atoms with Crippen LogP contribution in [-0.4, -0.2) is 28.1 Å². The molecule has 0 saturated heterocycles. The first-order valence-electron chi connectivity index (χ1n) is 11.3. The lowest BCUT2D eigenvalue weighted by molar-refractivity contribution is -0.115. The Morgan fingerprint density at radius 1 is 0.889 bits per heavy atom. The zero-order valence-corrected chi connectivity index (χ0v) is 19.8. The summed E-state index contributed by atoms with van der Waals surface area (Å²) in [5.41, 5.74) is 4.43. The number of methoxy groups -OCH3 is 1. The van der Waals surface area contributed by atoms with Gasteiger partial charge in [0.25, 0.3) is 0 Å². The Labute approximate surface area is 207 Å². The van der Waals surface area contributed by atoms with E-state index in [1.807, 2.05) is 85.8 Å². The first kappa shape index (κ1) is 22.9. The molecule has 180 valence electrons. The van der Waals surface area contributed by atoms with Crippen LogP contribution < -0.4 is 20.7 Å². The molecule has 0 unspecified atom stereocenters. The standard InChI is InChI=1S/C27H24N6O3/c1-17-15-25(29-18-11-13-21(35-2)14-12-18)32-27(28-17)31-20-9-7-19(8-10-20)30-26(34)16-23-22-5-3-4-6-24(22)36-33-23/h3-15H,16H2,1-2H3,(H,30,34)(H2,28,29,31,32). The molecule has 3 aromatic carbocycles. The second-order valence-electron chi connectivity index (χ2n) is 8.12. The maximum Gasteiger partial charge on any atom is 0.230 e. The summed E-state index contributed by atoms with van der Waals surface area (Å²) in [6.07, 6.45) is 0.123. The van der Waals surface area contributed by atoms with Crippen LogP contribution in [0, 0.1) is 6.92 Å². The van der Waals surface area contributed by atoms with E-state index in [0.717, 1.165) is 28.2 Å². The van der Waals surface area contributed by atoms with Crippen LogP contribution in [-0.2, 0) is 11.2 Å². The van der Waals surface area contributed by atoms with Crippen molar-refractivity contribution >= 4 is 45.7 Å². The zero-order chi connectivity index (χ0) is 24.9. The molecule has 36 heavy (non-hydrogen) atoms. The molecule has 3 N–H and O–H groups in total. The van der Waals surface area contributed by atoms with E-state index in [1.165, 1.54) is 0 Å². The quantitative estimate of drug-likeness (QED) is 0.263. The Bertz CT molecular complexity index is 1500. The van der Waals surface area contributed by atoms with E-state index in [1.54, 1.807) is 7.11 Å². The molecular weight excluding hydrogens is 456 g/mol. The zero-order valence-electron chi connectivity index (χ0n) is 19.8. The van der Waals surface area contributed by atoms with Crippen LogP contribution in [0.1, 0.15) is 11.4 Å². The van der Waals surface area contributed by atoms with Crippen molar-refractivity contribution in [3.05, 3.63) is 90.3 Å². The number of carbonyl (C=O) groups excluding carboxylic acids is 1. The summed E-state index contributed by atoms with van der Waals surface area (Å²) in [5.74, 6) is 1.74. The highest BCUT2D eigenvalue weighted by molar-refractivity contribution is 5.94. The molecule has 9 nitrogen and oxygen atoms in total. The lowest BCUT2D eigenvalue weighted by Crippen LogP contribution is -2.14. The molecule has 5 rings (SSSR count). The van der Waals surface area contributed by atoms with Gasteiger partial charge in [0.2, 0.25) is 11.9 Å². The number of para-hydroxylation sites is 1. The number of ether oxygens (including phenoxy) is 1. The number of rotatable bonds is 8. The normalized spacial score (nSPS) is 10.7. The lowest BCUT2D eigenvalue weighted by Gasteiger charge is -2.11. The van der Waals surface area contributed by atoms with Crippen molar-refractivity contribution in [3.8, 4) is 5.75 Å². The lowest BCUT2D eigenvalue weighted by atomic mass is 10.1. The number of hydrogen-bond donors (Lipinski definition) is 3. The fourth-order valence-electron chi connectivity index (χ4n) is 3.70. The third kappa shape index (κ3) is 5.41. The highest BCUT2D eigenvalue weighted by atomic mass is 16.5. The predicted octanol–water partition coefficient (Wildman–Crippen LogP) is 5.60. The summed E-state index contributed by atoms with van der Waals surface area (Å²) in [5, 5.41) is 14.2. The summed E-state index contributed by atoms with van der Waals surface area (Å²) in [4.78, 5) is 21.5. The number of nitrogens with one attached hydrogen (secondary N) is 3. The second kappa shape index (κ2) is 10.1. The third-order valence-corrected chi connectivity index (χ3v) is 5.42. The van der Waals surface area contributed by atoms with Crippen molar-refractivity contribution in [3.63, 3.8) is 0 Å². The monoisotopic (exact) mass is 480 g/mol. The molecule has 5 aromatic rings. The van der Waals surface area contributed by atoms with Gasteiger partial charge in [0.1, 0.15) is 17.3 Å². The first-order valence-corrected chi connectivity index (χ1v) is 11.3. The van der Waals surface area contributed by atoms with Gasteiger partial charge in [-0.15, -0.1) is 0 Å². The van der Waals surface area contributed by atoms with Crippen LogP contribution in [0.5, 0.6) is 5.75 Å². The van der Waals surface area contributed by atoms with Crippen molar-refractivity contribution in [2.75, 3.05) is 23.1 Å². The second-order valence-corrected chi connectivity index (χ2v) is 8.12. The smallest absolute Gasteiger partial charge is 0.230 e. The van der Waals surface area contributed by atoms with Gasteiger partial charge in [-0.1, -0.05) is 17.3 Å². The van der Waals surface area contributed by atoms with E-state index >= 15 is 0 Å². The molecule has 0 bridgehead atoms. The maximum absolute atomic E-state index is 12.5. The van der Waals surface area contributed by atoms with Gasteiger partial charge in [0, 0.05) is 34.2 Å². The summed E-state index contributed by atoms with van der Waals surface area (Å²) in [6, 6.07) is 24.3. The van der Waals surface area contributed by atoms with E-state index in [-0.39, 0.29) is 12.3 Å². The maximum atomic E-state index is 12.5. The number of aryl methyl sites for hydroxylation is 1. The van der Waals surface area contributed by atoms with Crippen molar-refractivity contribution in [2.24, 2.45) is 0 Å². The van der Waals surface area contributed by atoms with Crippen LogP contribution in [0.15, 0.2) is 83.4 Å². The third-order valence-electron chi connectivity index (χ3n) is 5.42. The topological polar surface area (TPSA) is 114 Å². The molecule has 0 spiro atoms. The number of nitrogens with zero attached hydrogens (tertiary/aromatic N) is 3. The molecule has 0 aliphatic heterocycles. The highest BCUT2D eigenvalue weighted by Gasteiger charge is 2.12. The number of hydrogen-bond acceptors (Lipinski definition) is 8. The van der Waals surface area contributed by atoms with Crippen molar-refractivity contribution in [1.29, 1.82) is 0 Å². The van der Waals surface area contributed by atoms with Crippen molar-refractivity contribution in [1.82, 2.24) is 15.1 Å². The van der Waals surface area contributed by atoms with Gasteiger partial charge in [-0.3, -0.25) is 4.79 Å². The van der Waals surface area contributed by atoms with Crippen LogP contribution in [0.3, 0.4) is 0 Å². The molecule has 0 fully saturated rings. The Morgan fingerprint density at radius 2 is 1.58 bits per heavy atom. The Hall–Kier alpha value is -4.92. The number of fused-ring (bicyclic) bond motifs is 1. The van der Waals surface area contributed by atoms with Gasteiger partial charge < -0.3 is 25.2 Å². The number of benzene rings is 3. The van der Waals surface area contributed by atoms with Gasteiger partial charge in [0.05, 0.1) is 13.5 Å². The SMILES string of the molecule is COc1ccc(Nc2cc(C)nc(Nc3ccc(NC(=O)Cc4noc5ccccc45)cc3)n2)cc1. The van der Waals surface area contributed by atoms with Crippen LogP contribution >= 0.6 is 0 Å². The molecule has 1 amide bonds.